The highest BCUT2D eigenvalue weighted by Crippen LogP contribution is 2.27. The molecule has 0 spiro atoms. The highest BCUT2D eigenvalue weighted by molar-refractivity contribution is 7.99. The van der Waals surface area contributed by atoms with Crippen molar-refractivity contribution in [2.45, 2.75) is 17.4 Å². The van der Waals surface area contributed by atoms with Crippen molar-refractivity contribution >= 4 is 35.0 Å². The molecular weight excluding hydrogens is 297 g/mol. The molecule has 19 heavy (non-hydrogen) atoms. The summed E-state index contributed by atoms with van der Waals surface area (Å²) in [5, 5.41) is 1.53. The van der Waals surface area contributed by atoms with Crippen LogP contribution >= 0.6 is 35.0 Å². The molecule has 0 aliphatic carbocycles. The zero-order chi connectivity index (χ0) is 13.7. The lowest BCUT2D eigenvalue weighted by molar-refractivity contribution is 0.749. The Hall–Kier alpha value is -0.670. The second-order valence-electron chi connectivity index (χ2n) is 4.34. The molecule has 2 aromatic carbocycles. The predicted octanol–water partition coefficient (Wildman–Crippen LogP) is 4.66. The quantitative estimate of drug-likeness (QED) is 0.813. The summed E-state index contributed by atoms with van der Waals surface area (Å²) in [6.45, 7) is 0. The topological polar surface area (TPSA) is 26.0 Å². The maximum atomic E-state index is 6.15. The third-order valence-electron chi connectivity index (χ3n) is 2.68. The maximum Gasteiger partial charge on any atom is 0.0541 e. The lowest BCUT2D eigenvalue weighted by atomic mass is 10.1. The lowest BCUT2D eigenvalue weighted by Gasteiger charge is -2.12. The van der Waals surface area contributed by atoms with Gasteiger partial charge >= 0.3 is 0 Å². The third-order valence-corrected chi connectivity index (χ3v) is 4.62. The van der Waals surface area contributed by atoms with Crippen molar-refractivity contribution < 1.29 is 0 Å². The Morgan fingerprint density at radius 3 is 2.58 bits per heavy atom. The van der Waals surface area contributed by atoms with E-state index in [0.717, 1.165) is 27.1 Å². The normalized spacial score (nSPS) is 12.4. The molecular formula is C15H15Cl2NS. The summed E-state index contributed by atoms with van der Waals surface area (Å²) >= 11 is 13.8. The number of thioether (sulfide) groups is 1. The molecule has 100 valence electrons. The number of hydrogen-bond donors (Lipinski definition) is 1. The fourth-order valence-electron chi connectivity index (χ4n) is 1.78. The van der Waals surface area contributed by atoms with E-state index in [9.17, 15) is 0 Å². The molecule has 0 saturated carbocycles. The molecule has 2 rings (SSSR count). The van der Waals surface area contributed by atoms with Crippen molar-refractivity contribution in [2.75, 3.05) is 5.75 Å². The average molecular weight is 312 g/mol. The molecule has 2 aromatic rings. The Morgan fingerprint density at radius 1 is 1.05 bits per heavy atom. The molecule has 1 atom stereocenters. The predicted molar refractivity (Wildman–Crippen MR) is 85.3 cm³/mol. The minimum atomic E-state index is 0.0831. The summed E-state index contributed by atoms with van der Waals surface area (Å²) in [4.78, 5) is 1.07. The van der Waals surface area contributed by atoms with Crippen LogP contribution in [0.3, 0.4) is 0 Å². The zero-order valence-electron chi connectivity index (χ0n) is 10.4. The van der Waals surface area contributed by atoms with Crippen LogP contribution in [0.1, 0.15) is 5.56 Å². The van der Waals surface area contributed by atoms with E-state index in [1.807, 2.05) is 48.5 Å². The second kappa shape index (κ2) is 7.20. The van der Waals surface area contributed by atoms with Gasteiger partial charge in [0.25, 0.3) is 0 Å². The van der Waals surface area contributed by atoms with Crippen LogP contribution in [-0.4, -0.2) is 11.8 Å². The molecule has 0 amide bonds. The Morgan fingerprint density at radius 2 is 1.84 bits per heavy atom. The molecule has 0 aromatic heterocycles. The largest absolute Gasteiger partial charge is 0.327 e. The summed E-state index contributed by atoms with van der Waals surface area (Å²) in [6, 6.07) is 15.7. The molecule has 4 heteroatoms. The minimum absolute atomic E-state index is 0.0831. The van der Waals surface area contributed by atoms with Gasteiger partial charge in [0.15, 0.2) is 0 Å². The van der Waals surface area contributed by atoms with Gasteiger partial charge in [0.05, 0.1) is 5.02 Å². The molecule has 0 radical (unpaired) electrons. The van der Waals surface area contributed by atoms with Crippen LogP contribution in [0, 0.1) is 0 Å². The Balaban J connectivity index is 1.88. The number of hydrogen-bond acceptors (Lipinski definition) is 2. The number of halogens is 2. The monoisotopic (exact) mass is 311 g/mol. The van der Waals surface area contributed by atoms with E-state index in [-0.39, 0.29) is 6.04 Å². The van der Waals surface area contributed by atoms with Crippen LogP contribution in [0.25, 0.3) is 0 Å². The van der Waals surface area contributed by atoms with Crippen LogP contribution < -0.4 is 5.73 Å². The molecule has 0 heterocycles. The summed E-state index contributed by atoms with van der Waals surface area (Å²) in [6.07, 6.45) is 0.817. The first kappa shape index (κ1) is 14.7. The summed E-state index contributed by atoms with van der Waals surface area (Å²) in [7, 11) is 0. The van der Waals surface area contributed by atoms with Crippen LogP contribution in [0.5, 0.6) is 0 Å². The van der Waals surface area contributed by atoms with Gasteiger partial charge < -0.3 is 5.73 Å². The van der Waals surface area contributed by atoms with Gasteiger partial charge in [0, 0.05) is 21.7 Å². The van der Waals surface area contributed by atoms with E-state index in [1.54, 1.807) is 11.8 Å². The molecule has 1 unspecified atom stereocenters. The molecule has 0 aliphatic heterocycles. The standard InChI is InChI=1S/C15H15Cl2NS/c16-12-5-3-4-11(8-12)9-13(18)10-19-15-7-2-1-6-14(15)17/h1-8,13H,9-10,18H2. The molecule has 0 bridgehead atoms. The number of nitrogens with two attached hydrogens (primary N) is 1. The zero-order valence-corrected chi connectivity index (χ0v) is 12.7. The van der Waals surface area contributed by atoms with Crippen LogP contribution in [0.15, 0.2) is 53.4 Å². The first-order chi connectivity index (χ1) is 9.15. The van der Waals surface area contributed by atoms with Gasteiger partial charge in [-0.2, -0.15) is 0 Å². The summed E-state index contributed by atoms with van der Waals surface area (Å²) in [5.74, 6) is 0.830. The van der Waals surface area contributed by atoms with E-state index in [2.05, 4.69) is 0 Å². The molecule has 0 aliphatic rings. The van der Waals surface area contributed by atoms with Crippen molar-refractivity contribution in [3.05, 3.63) is 64.1 Å². The van der Waals surface area contributed by atoms with E-state index in [1.165, 1.54) is 5.56 Å². The van der Waals surface area contributed by atoms with Gasteiger partial charge in [-0.1, -0.05) is 47.5 Å². The molecule has 2 N–H and O–H groups in total. The smallest absolute Gasteiger partial charge is 0.0541 e. The molecule has 0 fully saturated rings. The highest BCUT2D eigenvalue weighted by Gasteiger charge is 2.07. The SMILES string of the molecule is NC(CSc1ccccc1Cl)Cc1cccc(Cl)c1. The Labute approximate surface area is 128 Å². The van der Waals surface area contributed by atoms with Crippen LogP contribution in [-0.2, 0) is 6.42 Å². The van der Waals surface area contributed by atoms with Gasteiger partial charge in [0.1, 0.15) is 0 Å². The average Bonchev–Trinajstić information content (AvgIpc) is 2.38. The number of benzene rings is 2. The van der Waals surface area contributed by atoms with Crippen molar-refractivity contribution in [3.63, 3.8) is 0 Å². The van der Waals surface area contributed by atoms with E-state index in [4.69, 9.17) is 28.9 Å². The van der Waals surface area contributed by atoms with Crippen molar-refractivity contribution in [2.24, 2.45) is 5.73 Å². The van der Waals surface area contributed by atoms with Gasteiger partial charge in [-0.05, 0) is 36.2 Å². The maximum absolute atomic E-state index is 6.15. The van der Waals surface area contributed by atoms with Gasteiger partial charge in [-0.25, -0.2) is 0 Å². The third kappa shape index (κ3) is 4.73. The Bertz CT molecular complexity index is 545. The van der Waals surface area contributed by atoms with E-state index in [0.29, 0.717) is 0 Å². The Kier molecular flexibility index (Phi) is 5.59. The number of rotatable bonds is 5. The highest BCUT2D eigenvalue weighted by atomic mass is 35.5. The van der Waals surface area contributed by atoms with Gasteiger partial charge in [-0.3, -0.25) is 0 Å². The van der Waals surface area contributed by atoms with Gasteiger partial charge in [-0.15, -0.1) is 11.8 Å². The second-order valence-corrected chi connectivity index (χ2v) is 6.24. The fourth-order valence-corrected chi connectivity index (χ4v) is 3.19. The molecule has 0 saturated heterocycles. The van der Waals surface area contributed by atoms with Crippen LogP contribution in [0.2, 0.25) is 10.0 Å². The van der Waals surface area contributed by atoms with Gasteiger partial charge in [0.2, 0.25) is 0 Å². The van der Waals surface area contributed by atoms with Crippen LogP contribution in [0.4, 0.5) is 0 Å². The first-order valence-corrected chi connectivity index (χ1v) is 7.76. The fraction of sp³-hybridized carbons (Fsp3) is 0.200. The van der Waals surface area contributed by atoms with Crippen molar-refractivity contribution in [3.8, 4) is 0 Å². The van der Waals surface area contributed by atoms with E-state index < -0.39 is 0 Å². The van der Waals surface area contributed by atoms with Crippen molar-refractivity contribution in [1.29, 1.82) is 0 Å². The minimum Gasteiger partial charge on any atom is -0.327 e. The summed E-state index contributed by atoms with van der Waals surface area (Å²) in [5.41, 5.74) is 7.31. The van der Waals surface area contributed by atoms with E-state index >= 15 is 0 Å². The first-order valence-electron chi connectivity index (χ1n) is 6.02. The molecule has 1 nitrogen and oxygen atoms in total. The lowest BCUT2D eigenvalue weighted by Crippen LogP contribution is -2.25. The summed E-state index contributed by atoms with van der Waals surface area (Å²) < 4.78 is 0. The van der Waals surface area contributed by atoms with Crippen molar-refractivity contribution in [1.82, 2.24) is 0 Å².